The second-order valence-electron chi connectivity index (χ2n) is 2.48. The number of rotatable bonds is 1. The van der Waals surface area contributed by atoms with Crippen molar-refractivity contribution >= 4 is 11.5 Å². The van der Waals surface area contributed by atoms with Gasteiger partial charge in [-0.3, -0.25) is 5.01 Å². The van der Waals surface area contributed by atoms with Gasteiger partial charge in [0.15, 0.2) is 5.82 Å². The smallest absolute Gasteiger partial charge is 0.165 e. The molecule has 0 unspecified atom stereocenters. The molecular weight excluding hydrogens is 140 g/mol. The van der Waals surface area contributed by atoms with E-state index in [4.69, 9.17) is 11.6 Å². The number of hydrazine groups is 1. The van der Waals surface area contributed by atoms with E-state index < -0.39 is 0 Å². The molecule has 60 valence electrons. The Morgan fingerprint density at radius 3 is 2.55 bits per heavy atom. The van der Waals surface area contributed by atoms with E-state index in [0.29, 0.717) is 11.5 Å². The standard InChI is InChI=1S/C7H12N4/c1-5-3-4-6(8)7(10-5)11(2)9/h3-4H,8-9H2,1-2H3. The number of nitrogens with zero attached hydrogens (tertiary/aromatic N) is 2. The molecule has 0 aliphatic carbocycles. The Balaban J connectivity index is 3.13. The number of nitrogen functional groups attached to an aromatic ring is 1. The van der Waals surface area contributed by atoms with Crippen LogP contribution in [0.2, 0.25) is 0 Å². The highest BCUT2D eigenvalue weighted by molar-refractivity contribution is 5.61. The van der Waals surface area contributed by atoms with Crippen molar-refractivity contribution < 1.29 is 0 Å². The van der Waals surface area contributed by atoms with Crippen LogP contribution < -0.4 is 16.6 Å². The summed E-state index contributed by atoms with van der Waals surface area (Å²) in [7, 11) is 1.71. The van der Waals surface area contributed by atoms with Crippen molar-refractivity contribution in [1.29, 1.82) is 0 Å². The van der Waals surface area contributed by atoms with Crippen molar-refractivity contribution in [3.8, 4) is 0 Å². The number of pyridine rings is 1. The Labute approximate surface area is 65.8 Å². The van der Waals surface area contributed by atoms with Crippen molar-refractivity contribution in [2.24, 2.45) is 5.84 Å². The van der Waals surface area contributed by atoms with E-state index >= 15 is 0 Å². The molecule has 0 amide bonds. The van der Waals surface area contributed by atoms with Crippen LogP contribution in [0.15, 0.2) is 12.1 Å². The van der Waals surface area contributed by atoms with E-state index in [0.717, 1.165) is 5.69 Å². The van der Waals surface area contributed by atoms with E-state index in [1.54, 1.807) is 13.1 Å². The van der Waals surface area contributed by atoms with Gasteiger partial charge in [0.1, 0.15) is 0 Å². The van der Waals surface area contributed by atoms with Gasteiger partial charge in [-0.05, 0) is 19.1 Å². The molecule has 0 saturated carbocycles. The lowest BCUT2D eigenvalue weighted by Crippen LogP contribution is -2.27. The molecule has 0 spiro atoms. The van der Waals surface area contributed by atoms with Gasteiger partial charge in [0.05, 0.1) is 5.69 Å². The molecule has 1 rings (SSSR count). The Kier molecular flexibility index (Phi) is 1.96. The van der Waals surface area contributed by atoms with Gasteiger partial charge in [0, 0.05) is 12.7 Å². The Bertz CT molecular complexity index is 257. The average Bonchev–Trinajstić information content (AvgIpc) is 1.94. The first-order valence-electron chi connectivity index (χ1n) is 3.33. The van der Waals surface area contributed by atoms with Gasteiger partial charge in [0.25, 0.3) is 0 Å². The molecule has 11 heavy (non-hydrogen) atoms. The van der Waals surface area contributed by atoms with Crippen LogP contribution in [0, 0.1) is 6.92 Å². The molecule has 0 fully saturated rings. The fourth-order valence-electron chi connectivity index (χ4n) is 0.836. The Hall–Kier alpha value is -1.29. The van der Waals surface area contributed by atoms with Crippen LogP contribution in [-0.4, -0.2) is 12.0 Å². The van der Waals surface area contributed by atoms with Crippen molar-refractivity contribution in [2.75, 3.05) is 17.8 Å². The fraction of sp³-hybridized carbons (Fsp3) is 0.286. The lowest BCUT2D eigenvalue weighted by atomic mass is 10.3. The molecule has 1 aromatic rings. The first-order valence-corrected chi connectivity index (χ1v) is 3.33. The van der Waals surface area contributed by atoms with Crippen LogP contribution >= 0.6 is 0 Å². The van der Waals surface area contributed by atoms with E-state index in [1.165, 1.54) is 5.01 Å². The van der Waals surface area contributed by atoms with Crippen molar-refractivity contribution in [3.05, 3.63) is 17.8 Å². The zero-order valence-electron chi connectivity index (χ0n) is 6.70. The average molecular weight is 152 g/mol. The normalized spacial score (nSPS) is 9.73. The SMILES string of the molecule is Cc1ccc(N)c(N(C)N)n1. The molecule has 0 bridgehead atoms. The highest BCUT2D eigenvalue weighted by Gasteiger charge is 2.01. The van der Waals surface area contributed by atoms with E-state index in [-0.39, 0.29) is 0 Å². The maximum Gasteiger partial charge on any atom is 0.165 e. The second kappa shape index (κ2) is 2.75. The number of aryl methyl sites for hydroxylation is 1. The van der Waals surface area contributed by atoms with E-state index in [1.807, 2.05) is 13.0 Å². The third-order valence-corrected chi connectivity index (χ3v) is 1.38. The molecule has 0 aliphatic rings. The quantitative estimate of drug-likeness (QED) is 0.448. The summed E-state index contributed by atoms with van der Waals surface area (Å²) in [5.41, 5.74) is 7.11. The molecule has 0 atom stereocenters. The lowest BCUT2D eigenvalue weighted by molar-refractivity contribution is 0.969. The largest absolute Gasteiger partial charge is 0.396 e. The number of nitrogens with two attached hydrogens (primary N) is 2. The summed E-state index contributed by atoms with van der Waals surface area (Å²) in [6, 6.07) is 3.64. The maximum atomic E-state index is 5.61. The van der Waals surface area contributed by atoms with Crippen LogP contribution in [0.1, 0.15) is 5.69 Å². The monoisotopic (exact) mass is 152 g/mol. The molecule has 0 aliphatic heterocycles. The molecule has 0 aromatic carbocycles. The van der Waals surface area contributed by atoms with Gasteiger partial charge in [-0.15, -0.1) is 0 Å². The minimum Gasteiger partial charge on any atom is -0.396 e. The number of aromatic nitrogens is 1. The third kappa shape index (κ3) is 1.59. The molecular formula is C7H12N4. The van der Waals surface area contributed by atoms with Gasteiger partial charge in [-0.25, -0.2) is 10.8 Å². The predicted octanol–water partition coefficient (Wildman–Crippen LogP) is 0.282. The molecule has 1 aromatic heterocycles. The summed E-state index contributed by atoms with van der Waals surface area (Å²) < 4.78 is 0. The molecule has 4 N–H and O–H groups in total. The van der Waals surface area contributed by atoms with Crippen LogP contribution in [0.3, 0.4) is 0 Å². The number of hydrogen-bond donors (Lipinski definition) is 2. The molecule has 0 radical (unpaired) electrons. The van der Waals surface area contributed by atoms with Gasteiger partial charge in [0.2, 0.25) is 0 Å². The lowest BCUT2D eigenvalue weighted by Gasteiger charge is -2.13. The summed E-state index contributed by atoms with van der Waals surface area (Å²) in [6.07, 6.45) is 0. The minimum absolute atomic E-state index is 0.598. The second-order valence-corrected chi connectivity index (χ2v) is 2.48. The fourth-order valence-corrected chi connectivity index (χ4v) is 0.836. The van der Waals surface area contributed by atoms with E-state index in [9.17, 15) is 0 Å². The van der Waals surface area contributed by atoms with Crippen LogP contribution in [0.4, 0.5) is 11.5 Å². The molecule has 1 heterocycles. The van der Waals surface area contributed by atoms with Crippen LogP contribution in [0.5, 0.6) is 0 Å². The highest BCUT2D eigenvalue weighted by atomic mass is 15.4. The maximum absolute atomic E-state index is 5.61. The third-order valence-electron chi connectivity index (χ3n) is 1.38. The van der Waals surface area contributed by atoms with E-state index in [2.05, 4.69) is 4.98 Å². The van der Waals surface area contributed by atoms with Gasteiger partial charge < -0.3 is 5.73 Å². The first kappa shape index (κ1) is 7.81. The van der Waals surface area contributed by atoms with Crippen molar-refractivity contribution in [3.63, 3.8) is 0 Å². The predicted molar refractivity (Wildman–Crippen MR) is 46.0 cm³/mol. The topological polar surface area (TPSA) is 68.2 Å². The van der Waals surface area contributed by atoms with Gasteiger partial charge in [-0.1, -0.05) is 0 Å². The number of hydrogen-bond acceptors (Lipinski definition) is 4. The minimum atomic E-state index is 0.598. The van der Waals surface area contributed by atoms with Gasteiger partial charge >= 0.3 is 0 Å². The number of anilines is 2. The summed E-state index contributed by atoms with van der Waals surface area (Å²) in [5.74, 6) is 6.09. The van der Waals surface area contributed by atoms with Gasteiger partial charge in [-0.2, -0.15) is 0 Å². The zero-order valence-corrected chi connectivity index (χ0v) is 6.70. The highest BCUT2D eigenvalue weighted by Crippen LogP contribution is 2.16. The zero-order chi connectivity index (χ0) is 8.43. The summed E-state index contributed by atoms with van der Waals surface area (Å²) in [6.45, 7) is 1.90. The Morgan fingerprint density at radius 1 is 1.45 bits per heavy atom. The first-order chi connectivity index (χ1) is 5.11. The summed E-state index contributed by atoms with van der Waals surface area (Å²) >= 11 is 0. The Morgan fingerprint density at radius 2 is 2.09 bits per heavy atom. The molecule has 4 nitrogen and oxygen atoms in total. The summed E-state index contributed by atoms with van der Waals surface area (Å²) in [5, 5.41) is 1.41. The van der Waals surface area contributed by atoms with Crippen LogP contribution in [-0.2, 0) is 0 Å². The molecule has 0 saturated heterocycles. The molecule has 4 heteroatoms. The van der Waals surface area contributed by atoms with Crippen molar-refractivity contribution in [1.82, 2.24) is 4.98 Å². The van der Waals surface area contributed by atoms with Crippen LogP contribution in [0.25, 0.3) is 0 Å². The van der Waals surface area contributed by atoms with Crippen molar-refractivity contribution in [2.45, 2.75) is 6.92 Å². The summed E-state index contributed by atoms with van der Waals surface area (Å²) in [4.78, 5) is 4.15.